The van der Waals surface area contributed by atoms with Gasteiger partial charge < -0.3 is 15.3 Å². The normalized spacial score (nSPS) is 16.8. The third-order valence-electron chi connectivity index (χ3n) is 4.58. The maximum atomic E-state index is 12.7. The van der Waals surface area contributed by atoms with Crippen LogP contribution < -0.4 is 5.32 Å². The lowest BCUT2D eigenvalue weighted by Gasteiger charge is -2.35. The molecular weight excluding hydrogens is 314 g/mol. The summed E-state index contributed by atoms with van der Waals surface area (Å²) in [6.45, 7) is 13.5. The van der Waals surface area contributed by atoms with Crippen molar-refractivity contribution >= 4 is 11.7 Å². The molecule has 0 aromatic heterocycles. The van der Waals surface area contributed by atoms with Crippen LogP contribution in [0.25, 0.3) is 0 Å². The van der Waals surface area contributed by atoms with Gasteiger partial charge in [-0.25, -0.2) is 4.79 Å². The van der Waals surface area contributed by atoms with Gasteiger partial charge in [-0.3, -0.25) is 4.90 Å². The summed E-state index contributed by atoms with van der Waals surface area (Å²) in [5.74, 6) is 0.336. The molecule has 1 aliphatic rings. The minimum atomic E-state index is -0.334. The number of urea groups is 1. The third-order valence-corrected chi connectivity index (χ3v) is 4.58. The number of amides is 2. The SMILES string of the molecule is C=CCc1cccc(C(C)C)c1NC(=O)N1CCN(C[C@H](C)O)CC1. The molecule has 1 fully saturated rings. The van der Waals surface area contributed by atoms with Crippen molar-refractivity contribution in [3.63, 3.8) is 0 Å². The summed E-state index contributed by atoms with van der Waals surface area (Å²) in [6, 6.07) is 6.12. The maximum absolute atomic E-state index is 12.7. The Kier molecular flexibility index (Phi) is 7.02. The number of piperazine rings is 1. The number of aliphatic hydroxyl groups is 1. The first-order valence-corrected chi connectivity index (χ1v) is 9.11. The number of benzene rings is 1. The zero-order valence-corrected chi connectivity index (χ0v) is 15.7. The number of anilines is 1. The minimum Gasteiger partial charge on any atom is -0.392 e. The second-order valence-corrected chi connectivity index (χ2v) is 7.10. The van der Waals surface area contributed by atoms with Gasteiger partial charge in [0.25, 0.3) is 0 Å². The van der Waals surface area contributed by atoms with E-state index in [0.29, 0.717) is 25.6 Å². The second kappa shape index (κ2) is 9.02. The van der Waals surface area contributed by atoms with Crippen LogP contribution in [0, 0.1) is 0 Å². The van der Waals surface area contributed by atoms with Crippen molar-refractivity contribution in [1.29, 1.82) is 0 Å². The molecule has 2 amide bonds. The van der Waals surface area contributed by atoms with Crippen LogP contribution in [0.5, 0.6) is 0 Å². The summed E-state index contributed by atoms with van der Waals surface area (Å²) in [5, 5.41) is 12.6. The molecule has 0 aliphatic carbocycles. The average Bonchev–Trinajstić information content (AvgIpc) is 2.56. The standard InChI is InChI=1S/C20H31N3O2/c1-5-7-17-8-6-9-18(15(2)3)19(17)21-20(25)23-12-10-22(11-13-23)14-16(4)24/h5-6,8-9,15-16,24H,1,7,10-14H2,2-4H3,(H,21,25)/t16-/m0/s1. The maximum Gasteiger partial charge on any atom is 0.321 e. The van der Waals surface area contributed by atoms with Gasteiger partial charge in [0.15, 0.2) is 0 Å². The molecular formula is C20H31N3O2. The number of para-hydroxylation sites is 1. The first-order chi connectivity index (χ1) is 11.9. The minimum absolute atomic E-state index is 0.0462. The molecule has 138 valence electrons. The van der Waals surface area contributed by atoms with Gasteiger partial charge in [0, 0.05) is 38.4 Å². The summed E-state index contributed by atoms with van der Waals surface area (Å²) in [7, 11) is 0. The van der Waals surface area contributed by atoms with Crippen molar-refractivity contribution in [2.24, 2.45) is 0 Å². The van der Waals surface area contributed by atoms with Crippen LogP contribution in [0.4, 0.5) is 10.5 Å². The topological polar surface area (TPSA) is 55.8 Å². The number of carbonyl (C=O) groups is 1. The Balaban J connectivity index is 2.07. The monoisotopic (exact) mass is 345 g/mol. The van der Waals surface area contributed by atoms with E-state index in [2.05, 4.69) is 36.7 Å². The van der Waals surface area contributed by atoms with E-state index >= 15 is 0 Å². The molecule has 0 saturated carbocycles. The molecule has 1 aromatic carbocycles. The van der Waals surface area contributed by atoms with E-state index in [-0.39, 0.29) is 12.1 Å². The van der Waals surface area contributed by atoms with E-state index in [0.717, 1.165) is 36.3 Å². The first kappa shape index (κ1) is 19.5. The zero-order chi connectivity index (χ0) is 18.4. The van der Waals surface area contributed by atoms with Gasteiger partial charge >= 0.3 is 6.03 Å². The quantitative estimate of drug-likeness (QED) is 0.779. The van der Waals surface area contributed by atoms with Crippen molar-refractivity contribution in [3.8, 4) is 0 Å². The molecule has 1 atom stereocenters. The summed E-state index contributed by atoms with van der Waals surface area (Å²) < 4.78 is 0. The Hall–Kier alpha value is -1.85. The highest BCUT2D eigenvalue weighted by Gasteiger charge is 2.23. The van der Waals surface area contributed by atoms with Crippen molar-refractivity contribution in [2.45, 2.75) is 39.2 Å². The molecule has 0 bridgehead atoms. The largest absolute Gasteiger partial charge is 0.392 e. The molecule has 1 saturated heterocycles. The lowest BCUT2D eigenvalue weighted by atomic mass is 9.96. The summed E-state index contributed by atoms with van der Waals surface area (Å²) in [5.41, 5.74) is 3.18. The van der Waals surface area contributed by atoms with Gasteiger partial charge in [0.05, 0.1) is 6.10 Å². The Morgan fingerprint density at radius 1 is 1.28 bits per heavy atom. The van der Waals surface area contributed by atoms with E-state index in [9.17, 15) is 9.90 Å². The fraction of sp³-hybridized carbons (Fsp3) is 0.550. The van der Waals surface area contributed by atoms with Crippen LogP contribution in [0.15, 0.2) is 30.9 Å². The molecule has 2 N–H and O–H groups in total. The molecule has 0 radical (unpaired) electrons. The zero-order valence-electron chi connectivity index (χ0n) is 15.7. The van der Waals surface area contributed by atoms with E-state index < -0.39 is 0 Å². The van der Waals surface area contributed by atoms with Gasteiger partial charge in [-0.2, -0.15) is 0 Å². The van der Waals surface area contributed by atoms with Crippen LogP contribution in [0.1, 0.15) is 37.8 Å². The molecule has 2 rings (SSSR count). The van der Waals surface area contributed by atoms with Gasteiger partial charge in [-0.15, -0.1) is 6.58 Å². The predicted octanol–water partition coefficient (Wildman–Crippen LogP) is 3.07. The van der Waals surface area contributed by atoms with Gasteiger partial charge in [-0.1, -0.05) is 38.1 Å². The number of hydrogen-bond donors (Lipinski definition) is 2. The van der Waals surface area contributed by atoms with E-state index in [4.69, 9.17) is 0 Å². The first-order valence-electron chi connectivity index (χ1n) is 9.11. The molecule has 25 heavy (non-hydrogen) atoms. The predicted molar refractivity (Wildman–Crippen MR) is 103 cm³/mol. The number of β-amino-alcohol motifs (C(OH)–C–C–N with tert-alkyl or cyclic N) is 1. The lowest BCUT2D eigenvalue weighted by Crippen LogP contribution is -2.51. The van der Waals surface area contributed by atoms with E-state index in [1.807, 2.05) is 23.1 Å². The van der Waals surface area contributed by atoms with Crippen LogP contribution in [0.2, 0.25) is 0 Å². The number of allylic oxidation sites excluding steroid dienone is 1. The highest BCUT2D eigenvalue weighted by atomic mass is 16.3. The fourth-order valence-corrected chi connectivity index (χ4v) is 3.27. The Morgan fingerprint density at radius 3 is 2.52 bits per heavy atom. The summed E-state index contributed by atoms with van der Waals surface area (Å²) >= 11 is 0. The molecule has 5 nitrogen and oxygen atoms in total. The lowest BCUT2D eigenvalue weighted by molar-refractivity contribution is 0.0924. The highest BCUT2D eigenvalue weighted by Crippen LogP contribution is 2.29. The molecule has 1 aliphatic heterocycles. The average molecular weight is 345 g/mol. The van der Waals surface area contributed by atoms with Crippen LogP contribution in [-0.2, 0) is 6.42 Å². The Labute approximate surface area is 151 Å². The van der Waals surface area contributed by atoms with Gasteiger partial charge in [-0.05, 0) is 30.4 Å². The van der Waals surface area contributed by atoms with Crippen molar-refractivity contribution in [1.82, 2.24) is 9.80 Å². The number of hydrogen-bond acceptors (Lipinski definition) is 3. The number of carbonyl (C=O) groups excluding carboxylic acids is 1. The Morgan fingerprint density at radius 2 is 1.96 bits per heavy atom. The fourth-order valence-electron chi connectivity index (χ4n) is 3.27. The molecule has 0 spiro atoms. The Bertz CT molecular complexity index is 591. The molecule has 1 aromatic rings. The highest BCUT2D eigenvalue weighted by molar-refractivity contribution is 5.91. The molecule has 0 unspecified atom stereocenters. The summed E-state index contributed by atoms with van der Waals surface area (Å²) in [4.78, 5) is 16.8. The molecule has 1 heterocycles. The van der Waals surface area contributed by atoms with Crippen LogP contribution in [0.3, 0.4) is 0 Å². The van der Waals surface area contributed by atoms with Gasteiger partial charge in [0.2, 0.25) is 0 Å². The van der Waals surface area contributed by atoms with Crippen LogP contribution in [-0.4, -0.2) is 59.8 Å². The number of rotatable bonds is 6. The van der Waals surface area contributed by atoms with Crippen LogP contribution >= 0.6 is 0 Å². The smallest absolute Gasteiger partial charge is 0.321 e. The second-order valence-electron chi connectivity index (χ2n) is 7.10. The number of nitrogens with zero attached hydrogens (tertiary/aromatic N) is 2. The van der Waals surface area contributed by atoms with Crippen molar-refractivity contribution < 1.29 is 9.90 Å². The van der Waals surface area contributed by atoms with Crippen molar-refractivity contribution in [3.05, 3.63) is 42.0 Å². The number of nitrogens with one attached hydrogen (secondary N) is 1. The third kappa shape index (κ3) is 5.31. The van der Waals surface area contributed by atoms with Gasteiger partial charge in [0.1, 0.15) is 0 Å². The molecule has 5 heteroatoms. The van der Waals surface area contributed by atoms with Crippen molar-refractivity contribution in [2.75, 3.05) is 38.0 Å². The van der Waals surface area contributed by atoms with E-state index in [1.54, 1.807) is 6.92 Å². The summed E-state index contributed by atoms with van der Waals surface area (Å²) in [6.07, 6.45) is 2.27. The van der Waals surface area contributed by atoms with E-state index in [1.165, 1.54) is 0 Å². The number of aliphatic hydroxyl groups excluding tert-OH is 1.